The first kappa shape index (κ1) is 18.3. The van der Waals surface area contributed by atoms with E-state index in [0.29, 0.717) is 12.3 Å². The first-order chi connectivity index (χ1) is 12.3. The zero-order chi connectivity index (χ0) is 17.6. The van der Waals surface area contributed by atoms with Crippen molar-refractivity contribution in [1.29, 1.82) is 0 Å². The predicted octanol–water partition coefficient (Wildman–Crippen LogP) is 4.08. The third-order valence-electron chi connectivity index (χ3n) is 4.13. The van der Waals surface area contributed by atoms with Crippen LogP contribution in [0, 0.1) is 0 Å². The van der Waals surface area contributed by atoms with Gasteiger partial charge < -0.3 is 0 Å². The average Bonchev–Trinajstić information content (AvgIpc) is 3.05. The molecule has 0 aliphatic rings. The molecule has 0 radical (unpaired) electrons. The van der Waals surface area contributed by atoms with Gasteiger partial charge >= 0.3 is 0 Å². The SMILES string of the molecule is CCCCCn1c(=O)c2ccccc2n2c(SCCSCC)nnc12. The van der Waals surface area contributed by atoms with Gasteiger partial charge in [0.05, 0.1) is 10.9 Å². The number of unbranched alkanes of at least 4 members (excludes halogenated alkanes) is 2. The monoisotopic (exact) mass is 376 g/mol. The fourth-order valence-electron chi connectivity index (χ4n) is 2.88. The summed E-state index contributed by atoms with van der Waals surface area (Å²) in [6, 6.07) is 7.76. The third kappa shape index (κ3) is 3.87. The van der Waals surface area contributed by atoms with Gasteiger partial charge in [-0.15, -0.1) is 10.2 Å². The third-order valence-corrected chi connectivity index (χ3v) is 6.22. The summed E-state index contributed by atoms with van der Waals surface area (Å²) in [7, 11) is 0. The molecule has 134 valence electrons. The highest BCUT2D eigenvalue weighted by Gasteiger charge is 2.16. The van der Waals surface area contributed by atoms with Crippen molar-refractivity contribution in [3.8, 4) is 0 Å². The van der Waals surface area contributed by atoms with Crippen LogP contribution in [0.1, 0.15) is 33.1 Å². The van der Waals surface area contributed by atoms with E-state index in [9.17, 15) is 4.79 Å². The zero-order valence-corrected chi connectivity index (χ0v) is 16.4. The molecule has 3 aromatic rings. The molecule has 5 nitrogen and oxygen atoms in total. The second-order valence-electron chi connectivity index (χ2n) is 5.84. The molecule has 0 amide bonds. The summed E-state index contributed by atoms with van der Waals surface area (Å²) in [6.45, 7) is 5.03. The molecule has 3 rings (SSSR count). The molecule has 0 aliphatic carbocycles. The molecule has 0 spiro atoms. The molecule has 0 aliphatic heterocycles. The van der Waals surface area contributed by atoms with Gasteiger partial charge in [-0.2, -0.15) is 11.8 Å². The maximum Gasteiger partial charge on any atom is 0.262 e. The van der Waals surface area contributed by atoms with Gasteiger partial charge in [-0.25, -0.2) is 0 Å². The second-order valence-corrected chi connectivity index (χ2v) is 8.30. The Morgan fingerprint density at radius 2 is 1.92 bits per heavy atom. The van der Waals surface area contributed by atoms with Gasteiger partial charge in [-0.05, 0) is 24.3 Å². The number of aromatic nitrogens is 4. The molecular formula is C18H24N4OS2. The first-order valence-electron chi connectivity index (χ1n) is 8.85. The van der Waals surface area contributed by atoms with Crippen LogP contribution in [0.3, 0.4) is 0 Å². The lowest BCUT2D eigenvalue weighted by molar-refractivity contribution is 0.594. The van der Waals surface area contributed by atoms with Gasteiger partial charge in [-0.1, -0.05) is 50.6 Å². The van der Waals surface area contributed by atoms with Crippen LogP contribution in [-0.4, -0.2) is 36.4 Å². The lowest BCUT2D eigenvalue weighted by Gasteiger charge is -2.11. The predicted molar refractivity (Wildman–Crippen MR) is 108 cm³/mol. The molecule has 0 N–H and O–H groups in total. The molecule has 0 saturated heterocycles. The van der Waals surface area contributed by atoms with Crippen molar-refractivity contribution in [2.24, 2.45) is 0 Å². The van der Waals surface area contributed by atoms with Crippen molar-refractivity contribution in [2.45, 2.75) is 44.8 Å². The molecule has 1 aromatic carbocycles. The molecule has 25 heavy (non-hydrogen) atoms. The van der Waals surface area contributed by atoms with Gasteiger partial charge in [0.1, 0.15) is 0 Å². The molecule has 0 atom stereocenters. The fourth-order valence-corrected chi connectivity index (χ4v) is 4.57. The van der Waals surface area contributed by atoms with Crippen LogP contribution < -0.4 is 5.56 Å². The molecular weight excluding hydrogens is 352 g/mol. The molecule has 7 heteroatoms. The quantitative estimate of drug-likeness (QED) is 0.416. The van der Waals surface area contributed by atoms with E-state index in [-0.39, 0.29) is 5.56 Å². The second kappa shape index (κ2) is 8.76. The minimum absolute atomic E-state index is 0.0321. The number of rotatable bonds is 9. The molecule has 0 saturated carbocycles. The van der Waals surface area contributed by atoms with Gasteiger partial charge in [-0.3, -0.25) is 13.8 Å². The number of para-hydroxylation sites is 1. The Morgan fingerprint density at radius 3 is 2.72 bits per heavy atom. The minimum atomic E-state index is 0.0321. The molecule has 0 bridgehead atoms. The first-order valence-corrected chi connectivity index (χ1v) is 11.0. The number of nitrogens with zero attached hydrogens (tertiary/aromatic N) is 4. The van der Waals surface area contributed by atoms with Crippen molar-refractivity contribution in [3.05, 3.63) is 34.6 Å². The molecule has 2 heterocycles. The number of hydrogen-bond donors (Lipinski definition) is 0. The normalized spacial score (nSPS) is 11.6. The standard InChI is InChI=1S/C18H24N4OS2/c1-3-5-8-11-21-16(23)14-9-6-7-10-15(14)22-17(21)19-20-18(22)25-13-12-24-4-2/h6-7,9-10H,3-5,8,11-13H2,1-2H3. The Bertz CT molecular complexity index is 903. The van der Waals surface area contributed by atoms with E-state index >= 15 is 0 Å². The highest BCUT2D eigenvalue weighted by Crippen LogP contribution is 2.22. The lowest BCUT2D eigenvalue weighted by atomic mass is 10.2. The van der Waals surface area contributed by atoms with E-state index in [1.54, 1.807) is 16.3 Å². The number of fused-ring (bicyclic) bond motifs is 3. The Kier molecular flexibility index (Phi) is 6.42. The largest absolute Gasteiger partial charge is 0.276 e. The highest BCUT2D eigenvalue weighted by molar-refractivity contribution is 8.02. The van der Waals surface area contributed by atoms with E-state index in [0.717, 1.165) is 52.6 Å². The summed E-state index contributed by atoms with van der Waals surface area (Å²) < 4.78 is 3.83. The summed E-state index contributed by atoms with van der Waals surface area (Å²) in [4.78, 5) is 12.9. The van der Waals surface area contributed by atoms with Crippen molar-refractivity contribution >= 4 is 40.2 Å². The molecule has 0 fully saturated rings. The van der Waals surface area contributed by atoms with E-state index in [1.165, 1.54) is 0 Å². The van der Waals surface area contributed by atoms with Crippen LogP contribution in [0.4, 0.5) is 0 Å². The number of thioether (sulfide) groups is 2. The van der Waals surface area contributed by atoms with Crippen LogP contribution in [0.5, 0.6) is 0 Å². The number of aryl methyl sites for hydroxylation is 1. The maximum absolute atomic E-state index is 12.9. The van der Waals surface area contributed by atoms with E-state index in [1.807, 2.05) is 40.4 Å². The van der Waals surface area contributed by atoms with Crippen molar-refractivity contribution < 1.29 is 0 Å². The van der Waals surface area contributed by atoms with E-state index in [4.69, 9.17) is 0 Å². The maximum atomic E-state index is 12.9. The highest BCUT2D eigenvalue weighted by atomic mass is 32.2. The minimum Gasteiger partial charge on any atom is -0.276 e. The average molecular weight is 377 g/mol. The lowest BCUT2D eigenvalue weighted by Crippen LogP contribution is -2.23. The Balaban J connectivity index is 2.07. The topological polar surface area (TPSA) is 52.2 Å². The van der Waals surface area contributed by atoms with Crippen LogP contribution in [-0.2, 0) is 6.54 Å². The van der Waals surface area contributed by atoms with Gasteiger partial charge in [0.25, 0.3) is 5.56 Å². The van der Waals surface area contributed by atoms with Gasteiger partial charge in [0, 0.05) is 18.1 Å². The van der Waals surface area contributed by atoms with Crippen molar-refractivity contribution in [1.82, 2.24) is 19.2 Å². The summed E-state index contributed by atoms with van der Waals surface area (Å²) in [5.41, 5.74) is 0.926. The summed E-state index contributed by atoms with van der Waals surface area (Å²) in [5, 5.41) is 10.3. The van der Waals surface area contributed by atoms with Crippen LogP contribution in [0.15, 0.2) is 34.2 Å². The summed E-state index contributed by atoms with van der Waals surface area (Å²) >= 11 is 3.63. The van der Waals surface area contributed by atoms with Crippen molar-refractivity contribution in [3.63, 3.8) is 0 Å². The van der Waals surface area contributed by atoms with Crippen LogP contribution in [0.25, 0.3) is 16.7 Å². The smallest absolute Gasteiger partial charge is 0.262 e. The summed E-state index contributed by atoms with van der Waals surface area (Å²) in [5.74, 6) is 3.86. The van der Waals surface area contributed by atoms with Crippen LogP contribution >= 0.6 is 23.5 Å². The Morgan fingerprint density at radius 1 is 1.08 bits per heavy atom. The van der Waals surface area contributed by atoms with Crippen LogP contribution in [0.2, 0.25) is 0 Å². The zero-order valence-electron chi connectivity index (χ0n) is 14.8. The van der Waals surface area contributed by atoms with E-state index in [2.05, 4.69) is 24.0 Å². The molecule has 2 aromatic heterocycles. The van der Waals surface area contributed by atoms with Crippen molar-refractivity contribution in [2.75, 3.05) is 17.3 Å². The summed E-state index contributed by atoms with van der Waals surface area (Å²) in [6.07, 6.45) is 3.21. The van der Waals surface area contributed by atoms with E-state index < -0.39 is 0 Å². The number of benzene rings is 1. The fraction of sp³-hybridized carbons (Fsp3) is 0.500. The Labute approximate surface area is 156 Å². The number of hydrogen-bond acceptors (Lipinski definition) is 5. The molecule has 0 unspecified atom stereocenters. The van der Waals surface area contributed by atoms with Gasteiger partial charge in [0.15, 0.2) is 5.16 Å². The van der Waals surface area contributed by atoms with Gasteiger partial charge in [0.2, 0.25) is 5.78 Å². The Hall–Kier alpha value is -1.47.